The average molecular weight is 992 g/mol. The predicted octanol–water partition coefficient (Wildman–Crippen LogP) is 6.49. The number of hydrogen-bond acceptors (Lipinski definition) is 13. The standard InChI is InChI=1S/C54H81N5O12/c1-16-67-55-47-37(10)68-51(63)42(28-34(4)5)58(14)50(62)46(32-40-25-21-18-22-26-40)71-54(66)44(30-36(8)9)57(13)48(60)38(11)69-52(64)43(29-35(6)7)59(15)49(61)45(31-39-23-19-17-20-24-39)70-53(65)41(56(47)12)27-33(2)3/h17-26,33-38,41-46H,16,27-32H2,1-15H3/b55-47+/t37-,38-,41+,42+,43?,44+,45-,46-/m1/s1. The van der Waals surface area contributed by atoms with Crippen LogP contribution in [-0.4, -0.2) is 150 Å². The van der Waals surface area contributed by atoms with Crippen molar-refractivity contribution in [2.24, 2.45) is 28.8 Å². The fourth-order valence-corrected chi connectivity index (χ4v) is 8.41. The molecule has 0 radical (unpaired) electrons. The maximum absolute atomic E-state index is 14.8. The second kappa shape index (κ2) is 28.1. The van der Waals surface area contributed by atoms with Crippen LogP contribution in [0.15, 0.2) is 65.8 Å². The molecular weight excluding hydrogens is 911 g/mol. The lowest BCUT2D eigenvalue weighted by Crippen LogP contribution is -2.55. The van der Waals surface area contributed by atoms with Crippen LogP contribution < -0.4 is 0 Å². The van der Waals surface area contributed by atoms with E-state index in [1.807, 2.05) is 67.5 Å². The third kappa shape index (κ3) is 17.7. The first-order valence-corrected chi connectivity index (χ1v) is 25.0. The van der Waals surface area contributed by atoms with Gasteiger partial charge in [0.25, 0.3) is 17.7 Å². The summed E-state index contributed by atoms with van der Waals surface area (Å²) in [7, 11) is 5.86. The lowest BCUT2D eigenvalue weighted by Gasteiger charge is -2.36. The SMILES string of the molecule is CCO/N=C1\[C@@H](C)OC(=O)[C@H](CC(C)C)N(C)C(=O)[C@@H](Cc2ccccc2)OC(=O)[C@H](CC(C)C)N(C)C(=O)[C@@H](C)OC(=O)C(CC(C)C)N(C)C(=O)[C@@H](Cc2ccccc2)OC(=O)[C@H](CC(C)C)N1C. The molecule has 1 fully saturated rings. The lowest BCUT2D eigenvalue weighted by atomic mass is 10.00. The summed E-state index contributed by atoms with van der Waals surface area (Å²) in [5.41, 5.74) is 1.35. The van der Waals surface area contributed by atoms with Crippen LogP contribution in [0.1, 0.15) is 113 Å². The van der Waals surface area contributed by atoms with Gasteiger partial charge in [0.05, 0.1) is 0 Å². The number of esters is 4. The summed E-state index contributed by atoms with van der Waals surface area (Å²) < 4.78 is 24.4. The molecule has 17 nitrogen and oxygen atoms in total. The average Bonchev–Trinajstić information content (AvgIpc) is 3.31. The van der Waals surface area contributed by atoms with Crippen molar-refractivity contribution in [3.63, 3.8) is 0 Å². The Hall–Kier alpha value is -6.00. The van der Waals surface area contributed by atoms with E-state index in [0.29, 0.717) is 11.1 Å². The molecule has 1 saturated heterocycles. The number of amides is 3. The van der Waals surface area contributed by atoms with E-state index in [-0.39, 0.29) is 74.6 Å². The fraction of sp³-hybridized carbons (Fsp3) is 0.630. The zero-order valence-electron chi connectivity index (χ0n) is 44.8. The van der Waals surface area contributed by atoms with Crippen molar-refractivity contribution in [2.75, 3.05) is 34.8 Å². The molecule has 1 heterocycles. The van der Waals surface area contributed by atoms with E-state index >= 15 is 0 Å². The van der Waals surface area contributed by atoms with Gasteiger partial charge in [0.15, 0.2) is 30.3 Å². The minimum absolute atomic E-state index is 0.0477. The topological polar surface area (TPSA) is 191 Å². The molecule has 71 heavy (non-hydrogen) atoms. The van der Waals surface area contributed by atoms with Crippen molar-refractivity contribution < 1.29 is 57.3 Å². The van der Waals surface area contributed by atoms with Gasteiger partial charge in [-0.3, -0.25) is 14.4 Å². The number of likely N-dealkylation sites (N-methyl/N-ethyl adjacent to an activating group) is 4. The van der Waals surface area contributed by atoms with Crippen LogP contribution in [0.3, 0.4) is 0 Å². The quantitative estimate of drug-likeness (QED) is 0.114. The van der Waals surface area contributed by atoms with Crippen LogP contribution in [0, 0.1) is 23.7 Å². The number of cyclic esters (lactones) is 4. The minimum Gasteiger partial charge on any atom is -0.453 e. The summed E-state index contributed by atoms with van der Waals surface area (Å²) in [5, 5.41) is 4.34. The van der Waals surface area contributed by atoms with Crippen molar-refractivity contribution >= 4 is 47.4 Å². The normalized spacial score (nSPS) is 25.2. The van der Waals surface area contributed by atoms with E-state index in [1.165, 1.54) is 42.8 Å². The molecule has 394 valence electrons. The highest BCUT2D eigenvalue weighted by Crippen LogP contribution is 2.24. The van der Waals surface area contributed by atoms with Crippen LogP contribution in [0.25, 0.3) is 0 Å². The first-order chi connectivity index (χ1) is 33.4. The molecule has 8 atom stereocenters. The van der Waals surface area contributed by atoms with Gasteiger partial charge in [-0.25, -0.2) is 19.2 Å². The van der Waals surface area contributed by atoms with Crippen LogP contribution in [0.2, 0.25) is 0 Å². The molecule has 0 N–H and O–H groups in total. The molecule has 1 aliphatic rings. The van der Waals surface area contributed by atoms with E-state index in [2.05, 4.69) is 5.16 Å². The van der Waals surface area contributed by atoms with Crippen molar-refractivity contribution in [1.29, 1.82) is 0 Å². The van der Waals surface area contributed by atoms with Gasteiger partial charge in [-0.2, -0.15) is 0 Å². The number of carbonyl (C=O) groups excluding carboxylic acids is 7. The fourth-order valence-electron chi connectivity index (χ4n) is 8.41. The van der Waals surface area contributed by atoms with E-state index < -0.39 is 90.2 Å². The van der Waals surface area contributed by atoms with Gasteiger partial charge in [0.1, 0.15) is 30.8 Å². The smallest absolute Gasteiger partial charge is 0.329 e. The Kier molecular flexibility index (Phi) is 23.5. The van der Waals surface area contributed by atoms with Gasteiger partial charge >= 0.3 is 23.9 Å². The largest absolute Gasteiger partial charge is 0.453 e. The Bertz CT molecular complexity index is 2100. The summed E-state index contributed by atoms with van der Waals surface area (Å²) in [5.74, 6) is -5.89. The maximum Gasteiger partial charge on any atom is 0.329 e. The summed E-state index contributed by atoms with van der Waals surface area (Å²) >= 11 is 0. The van der Waals surface area contributed by atoms with Crippen LogP contribution in [0.4, 0.5) is 0 Å². The van der Waals surface area contributed by atoms with Gasteiger partial charge in [-0.15, -0.1) is 0 Å². The van der Waals surface area contributed by atoms with Gasteiger partial charge in [-0.1, -0.05) is 121 Å². The molecule has 0 spiro atoms. The summed E-state index contributed by atoms with van der Waals surface area (Å²) in [6.07, 6.45) is -4.98. The third-order valence-electron chi connectivity index (χ3n) is 12.3. The molecule has 3 amide bonds. The van der Waals surface area contributed by atoms with Gasteiger partial charge in [0, 0.05) is 41.0 Å². The molecule has 2 aromatic rings. The first kappa shape index (κ1) is 59.3. The summed E-state index contributed by atoms with van der Waals surface area (Å²) in [4.78, 5) is 113. The van der Waals surface area contributed by atoms with Crippen molar-refractivity contribution in [2.45, 2.75) is 163 Å². The van der Waals surface area contributed by atoms with Crippen molar-refractivity contribution in [1.82, 2.24) is 19.6 Å². The molecule has 0 saturated carbocycles. The monoisotopic (exact) mass is 992 g/mol. The van der Waals surface area contributed by atoms with E-state index in [9.17, 15) is 33.6 Å². The Morgan fingerprint density at radius 3 is 1.11 bits per heavy atom. The van der Waals surface area contributed by atoms with Crippen LogP contribution >= 0.6 is 0 Å². The number of carbonyl (C=O) groups is 7. The van der Waals surface area contributed by atoms with Crippen molar-refractivity contribution in [3.05, 3.63) is 71.8 Å². The Morgan fingerprint density at radius 1 is 0.465 bits per heavy atom. The summed E-state index contributed by atoms with van der Waals surface area (Å²) in [6.45, 7) is 19.9. The van der Waals surface area contributed by atoms with E-state index in [0.717, 1.165) is 4.90 Å². The zero-order valence-corrected chi connectivity index (χ0v) is 44.8. The van der Waals surface area contributed by atoms with Crippen LogP contribution in [0.5, 0.6) is 0 Å². The van der Waals surface area contributed by atoms with Crippen molar-refractivity contribution in [3.8, 4) is 0 Å². The molecule has 1 unspecified atom stereocenters. The molecule has 1 aliphatic heterocycles. The molecule has 0 aliphatic carbocycles. The Morgan fingerprint density at radius 2 is 0.775 bits per heavy atom. The van der Waals surface area contributed by atoms with E-state index in [1.54, 1.807) is 69.4 Å². The number of amidine groups is 1. The zero-order chi connectivity index (χ0) is 53.3. The number of ether oxygens (including phenoxy) is 4. The lowest BCUT2D eigenvalue weighted by molar-refractivity contribution is -0.174. The number of oxime groups is 1. The number of nitrogens with zero attached hydrogens (tertiary/aromatic N) is 5. The Labute approximate surface area is 421 Å². The predicted molar refractivity (Wildman–Crippen MR) is 269 cm³/mol. The molecule has 0 aromatic heterocycles. The maximum atomic E-state index is 14.8. The number of hydrogen-bond donors (Lipinski definition) is 0. The highest BCUT2D eigenvalue weighted by Gasteiger charge is 2.42. The minimum atomic E-state index is -1.45. The highest BCUT2D eigenvalue weighted by molar-refractivity contribution is 5.95. The van der Waals surface area contributed by atoms with Gasteiger partial charge < -0.3 is 43.4 Å². The number of rotatable bonds is 14. The second-order valence-electron chi connectivity index (χ2n) is 20.3. The van der Waals surface area contributed by atoms with Gasteiger partial charge in [0.2, 0.25) is 0 Å². The number of benzene rings is 2. The summed E-state index contributed by atoms with van der Waals surface area (Å²) in [6, 6.07) is 13.2. The Balaban J connectivity index is 2.32. The van der Waals surface area contributed by atoms with Gasteiger partial charge in [-0.05, 0) is 81.3 Å². The second-order valence-corrected chi connectivity index (χ2v) is 20.3. The molecular formula is C54H81N5O12. The van der Waals surface area contributed by atoms with E-state index in [4.69, 9.17) is 23.8 Å². The van der Waals surface area contributed by atoms with Crippen LogP contribution in [-0.2, 0) is 70.2 Å². The molecule has 2 aromatic carbocycles. The molecule has 17 heteroatoms. The first-order valence-electron chi connectivity index (χ1n) is 25.0. The highest BCUT2D eigenvalue weighted by atomic mass is 16.6. The molecule has 3 rings (SSSR count). The third-order valence-corrected chi connectivity index (χ3v) is 12.3. The molecule has 0 bridgehead atoms.